The molecule has 2 nitrogen and oxygen atoms in total. The molecule has 58 valence electrons. The van der Waals surface area contributed by atoms with E-state index in [1.165, 1.54) is 0 Å². The van der Waals surface area contributed by atoms with Crippen molar-refractivity contribution in [3.8, 4) is 0 Å². The number of ether oxygens (including phenoxy) is 2. The minimum absolute atomic E-state index is 0.102. The van der Waals surface area contributed by atoms with E-state index in [1.807, 2.05) is 0 Å². The van der Waals surface area contributed by atoms with Crippen LogP contribution in [-0.4, -0.2) is 26.4 Å². The summed E-state index contributed by atoms with van der Waals surface area (Å²) < 4.78 is 10.3. The smallest absolute Gasteiger partial charge is 0.0903 e. The lowest BCUT2D eigenvalue weighted by atomic mass is 10.1. The van der Waals surface area contributed by atoms with Gasteiger partial charge in [-0.2, -0.15) is 0 Å². The molecule has 1 saturated heterocycles. The number of hydrogen-bond acceptors (Lipinski definition) is 2. The summed E-state index contributed by atoms with van der Waals surface area (Å²) in [6.07, 6.45) is 0.102. The van der Waals surface area contributed by atoms with Crippen molar-refractivity contribution in [3.63, 3.8) is 0 Å². The molecule has 1 aliphatic rings. The lowest BCUT2D eigenvalue weighted by Crippen LogP contribution is -2.20. The first-order valence-corrected chi connectivity index (χ1v) is 3.58. The lowest BCUT2D eigenvalue weighted by molar-refractivity contribution is 0.0731. The maximum absolute atomic E-state index is 5.70. The van der Waals surface area contributed by atoms with Crippen molar-refractivity contribution in [2.75, 3.05) is 20.3 Å². The van der Waals surface area contributed by atoms with Crippen molar-refractivity contribution in [2.24, 2.45) is 5.92 Å². The van der Waals surface area contributed by atoms with Gasteiger partial charge in [-0.05, 0) is 0 Å². The van der Waals surface area contributed by atoms with Crippen molar-refractivity contribution in [1.29, 1.82) is 0 Å². The van der Waals surface area contributed by atoms with Gasteiger partial charge >= 0.3 is 0 Å². The van der Waals surface area contributed by atoms with Gasteiger partial charge in [0.05, 0.1) is 19.3 Å². The molecule has 1 rings (SSSR count). The second kappa shape index (κ2) is 3.37. The van der Waals surface area contributed by atoms with Crippen LogP contribution in [0.1, 0.15) is 0 Å². The van der Waals surface area contributed by atoms with E-state index in [9.17, 15) is 0 Å². The zero-order valence-corrected chi connectivity index (χ0v) is 6.73. The summed E-state index contributed by atoms with van der Waals surface area (Å²) in [6.45, 7) is 4.91. The van der Waals surface area contributed by atoms with E-state index >= 15 is 0 Å². The SMILES string of the molecule is C=C(Cl)[C@@H]1COC[C@H]1OC. The van der Waals surface area contributed by atoms with E-state index in [0.717, 1.165) is 0 Å². The molecule has 0 radical (unpaired) electrons. The first-order valence-electron chi connectivity index (χ1n) is 3.20. The first-order chi connectivity index (χ1) is 4.75. The number of rotatable bonds is 2. The molecular weight excluding hydrogens is 152 g/mol. The molecule has 0 N–H and O–H groups in total. The standard InChI is InChI=1S/C7H11ClO2/c1-5(8)6-3-10-4-7(6)9-2/h6-7H,1,3-4H2,2H3/t6-,7+/m0/s1. The fourth-order valence-electron chi connectivity index (χ4n) is 1.06. The van der Waals surface area contributed by atoms with E-state index in [-0.39, 0.29) is 12.0 Å². The minimum Gasteiger partial charge on any atom is -0.378 e. The summed E-state index contributed by atoms with van der Waals surface area (Å²) in [6, 6.07) is 0. The van der Waals surface area contributed by atoms with Crippen LogP contribution >= 0.6 is 11.6 Å². The lowest BCUT2D eigenvalue weighted by Gasteiger charge is -2.13. The molecule has 0 aromatic rings. The van der Waals surface area contributed by atoms with E-state index < -0.39 is 0 Å². The molecule has 10 heavy (non-hydrogen) atoms. The number of halogens is 1. The van der Waals surface area contributed by atoms with Gasteiger partial charge in [-0.3, -0.25) is 0 Å². The molecule has 3 heteroatoms. The Bertz CT molecular complexity index is 136. The molecule has 0 bridgehead atoms. The van der Waals surface area contributed by atoms with Gasteiger partial charge < -0.3 is 9.47 Å². The average Bonchev–Trinajstić information content (AvgIpc) is 2.33. The zero-order chi connectivity index (χ0) is 7.56. The van der Waals surface area contributed by atoms with Gasteiger partial charge in [0.1, 0.15) is 0 Å². The summed E-state index contributed by atoms with van der Waals surface area (Å²) in [5.41, 5.74) is 0. The van der Waals surface area contributed by atoms with Crippen LogP contribution in [0.5, 0.6) is 0 Å². The molecule has 2 atom stereocenters. The molecule has 1 heterocycles. The topological polar surface area (TPSA) is 18.5 Å². The summed E-state index contributed by atoms with van der Waals surface area (Å²) in [5.74, 6) is 0.173. The predicted octanol–water partition coefficient (Wildman–Crippen LogP) is 1.40. The van der Waals surface area contributed by atoms with Crippen molar-refractivity contribution >= 4 is 11.6 Å². The van der Waals surface area contributed by atoms with Crippen molar-refractivity contribution < 1.29 is 9.47 Å². The minimum atomic E-state index is 0.102. The Balaban J connectivity index is 2.50. The van der Waals surface area contributed by atoms with Crippen LogP contribution in [-0.2, 0) is 9.47 Å². The molecule has 0 unspecified atom stereocenters. The van der Waals surface area contributed by atoms with Crippen LogP contribution < -0.4 is 0 Å². The Morgan fingerprint density at radius 2 is 2.40 bits per heavy atom. The fourth-order valence-corrected chi connectivity index (χ4v) is 1.26. The molecule has 0 saturated carbocycles. The second-order valence-corrected chi connectivity index (χ2v) is 2.85. The van der Waals surface area contributed by atoms with Gasteiger partial charge in [0.2, 0.25) is 0 Å². The summed E-state index contributed by atoms with van der Waals surface area (Å²) >= 11 is 5.70. The van der Waals surface area contributed by atoms with Crippen LogP contribution in [0.25, 0.3) is 0 Å². The Morgan fingerprint density at radius 1 is 1.70 bits per heavy atom. The number of hydrogen-bond donors (Lipinski definition) is 0. The highest BCUT2D eigenvalue weighted by molar-refractivity contribution is 6.29. The van der Waals surface area contributed by atoms with Gasteiger partial charge in [-0.1, -0.05) is 18.2 Å². The van der Waals surface area contributed by atoms with Crippen LogP contribution in [0, 0.1) is 5.92 Å². The van der Waals surface area contributed by atoms with Crippen LogP contribution in [0.15, 0.2) is 11.6 Å². The van der Waals surface area contributed by atoms with Gasteiger partial charge in [0.25, 0.3) is 0 Å². The highest BCUT2D eigenvalue weighted by Crippen LogP contribution is 2.25. The van der Waals surface area contributed by atoms with Gasteiger partial charge in [0, 0.05) is 18.1 Å². The summed E-state index contributed by atoms with van der Waals surface area (Å²) in [7, 11) is 1.66. The highest BCUT2D eigenvalue weighted by atomic mass is 35.5. The predicted molar refractivity (Wildman–Crippen MR) is 40.1 cm³/mol. The molecule has 1 aliphatic heterocycles. The Kier molecular flexibility index (Phi) is 2.72. The van der Waals surface area contributed by atoms with Crippen LogP contribution in [0.2, 0.25) is 0 Å². The largest absolute Gasteiger partial charge is 0.378 e. The van der Waals surface area contributed by atoms with Gasteiger partial charge in [-0.15, -0.1) is 0 Å². The van der Waals surface area contributed by atoms with Crippen LogP contribution in [0.4, 0.5) is 0 Å². The third-order valence-electron chi connectivity index (χ3n) is 1.73. The molecule has 0 aliphatic carbocycles. The van der Waals surface area contributed by atoms with Crippen molar-refractivity contribution in [2.45, 2.75) is 6.10 Å². The van der Waals surface area contributed by atoms with E-state index in [1.54, 1.807) is 7.11 Å². The van der Waals surface area contributed by atoms with E-state index in [2.05, 4.69) is 6.58 Å². The highest BCUT2D eigenvalue weighted by Gasteiger charge is 2.29. The molecule has 0 amide bonds. The third kappa shape index (κ3) is 1.51. The van der Waals surface area contributed by atoms with Gasteiger partial charge in [0.15, 0.2) is 0 Å². The normalized spacial score (nSPS) is 32.6. The fraction of sp³-hybridized carbons (Fsp3) is 0.714. The molecular formula is C7H11ClO2. The van der Waals surface area contributed by atoms with Crippen molar-refractivity contribution in [1.82, 2.24) is 0 Å². The van der Waals surface area contributed by atoms with E-state index in [0.29, 0.717) is 18.2 Å². The maximum Gasteiger partial charge on any atom is 0.0903 e. The van der Waals surface area contributed by atoms with Crippen molar-refractivity contribution in [3.05, 3.63) is 11.6 Å². The number of methoxy groups -OCH3 is 1. The maximum atomic E-state index is 5.70. The molecule has 0 aromatic carbocycles. The summed E-state index contributed by atoms with van der Waals surface area (Å²) in [4.78, 5) is 0. The Hall–Kier alpha value is -0.0500. The summed E-state index contributed by atoms with van der Waals surface area (Å²) in [5, 5.41) is 0.629. The zero-order valence-electron chi connectivity index (χ0n) is 5.97. The molecule has 0 spiro atoms. The second-order valence-electron chi connectivity index (χ2n) is 2.36. The quantitative estimate of drug-likeness (QED) is 0.611. The average molecular weight is 163 g/mol. The molecule has 0 aromatic heterocycles. The van der Waals surface area contributed by atoms with Gasteiger partial charge in [-0.25, -0.2) is 0 Å². The Labute approximate surface area is 65.8 Å². The third-order valence-corrected chi connectivity index (χ3v) is 2.01. The molecule has 1 fully saturated rings. The Morgan fingerprint density at radius 3 is 2.80 bits per heavy atom. The van der Waals surface area contributed by atoms with Crippen LogP contribution in [0.3, 0.4) is 0 Å². The first kappa shape index (κ1) is 8.05. The monoisotopic (exact) mass is 162 g/mol. The van der Waals surface area contributed by atoms with E-state index in [4.69, 9.17) is 21.1 Å².